The summed E-state index contributed by atoms with van der Waals surface area (Å²) in [5.74, 6) is 0.625. The number of benzene rings is 2. The summed E-state index contributed by atoms with van der Waals surface area (Å²) in [4.78, 5) is 12.4. The molecule has 153 valence electrons. The molecular weight excluding hydrogens is 431 g/mol. The van der Waals surface area contributed by atoms with Gasteiger partial charge in [0.2, 0.25) is 5.43 Å². The molecule has 3 rings (SSSR count). The fourth-order valence-corrected chi connectivity index (χ4v) is 2.25. The number of fused-ring (bicyclic) bond motifs is 2. The van der Waals surface area contributed by atoms with Gasteiger partial charge in [0, 0.05) is 53.0 Å². The van der Waals surface area contributed by atoms with Gasteiger partial charge in [0.1, 0.15) is 23.5 Å². The third kappa shape index (κ3) is 8.40. The second-order valence-corrected chi connectivity index (χ2v) is 5.22. The van der Waals surface area contributed by atoms with Crippen molar-refractivity contribution in [3.05, 3.63) is 60.1 Å². The van der Waals surface area contributed by atoms with Crippen molar-refractivity contribution in [2.24, 2.45) is 5.73 Å². The van der Waals surface area contributed by atoms with E-state index in [1.807, 2.05) is 26.0 Å². The molecule has 0 aliphatic carbocycles. The minimum atomic E-state index is -0.0463. The molecule has 0 aliphatic heterocycles. The van der Waals surface area contributed by atoms with Crippen LogP contribution in [-0.4, -0.2) is 26.9 Å². The normalized spacial score (nSPS) is 9.18. The molecule has 2 aromatic carbocycles. The van der Waals surface area contributed by atoms with Crippen LogP contribution in [-0.2, 0) is 37.4 Å². The van der Waals surface area contributed by atoms with Gasteiger partial charge in [0.15, 0.2) is 0 Å². The van der Waals surface area contributed by atoms with Gasteiger partial charge in [-0.15, -0.1) is 0 Å². The van der Waals surface area contributed by atoms with Crippen molar-refractivity contribution in [1.82, 2.24) is 0 Å². The molecule has 0 fully saturated rings. The molecule has 0 bridgehead atoms. The van der Waals surface area contributed by atoms with E-state index in [9.17, 15) is 4.79 Å². The first kappa shape index (κ1) is 28.9. The Bertz CT molecular complexity index is 847. The molecule has 0 amide bonds. The van der Waals surface area contributed by atoms with Gasteiger partial charge in [-0.1, -0.05) is 32.9 Å². The number of rotatable bonds is 5. The fraction of sp³-hybridized carbons (Fsp3) is 0.364. The van der Waals surface area contributed by atoms with Gasteiger partial charge in [-0.2, -0.15) is 0 Å². The molecule has 1 aromatic heterocycles. The van der Waals surface area contributed by atoms with Gasteiger partial charge >= 0.3 is 0 Å². The van der Waals surface area contributed by atoms with Gasteiger partial charge < -0.3 is 27.1 Å². The van der Waals surface area contributed by atoms with Crippen LogP contribution in [0.4, 0.5) is 0 Å². The van der Waals surface area contributed by atoms with E-state index >= 15 is 0 Å². The number of para-hydroxylation sites is 1. The third-order valence-electron chi connectivity index (χ3n) is 3.34. The quantitative estimate of drug-likeness (QED) is 0.435. The first-order valence-corrected chi connectivity index (χ1v) is 8.98. The second kappa shape index (κ2) is 16.7. The number of nitrogens with two attached hydrogens (primary N) is 1. The van der Waals surface area contributed by atoms with Gasteiger partial charge in [-0.05, 0) is 36.8 Å². The molecular formula is C22H32NO4Y-. The molecule has 0 spiro atoms. The van der Waals surface area contributed by atoms with Crippen molar-refractivity contribution < 1.29 is 46.6 Å². The van der Waals surface area contributed by atoms with Gasteiger partial charge in [0.25, 0.3) is 0 Å². The Kier molecular flexibility index (Phi) is 17.2. The molecule has 28 heavy (non-hydrogen) atoms. The topological polar surface area (TPSA) is 74.7 Å². The van der Waals surface area contributed by atoms with Crippen LogP contribution in [0.15, 0.2) is 51.7 Å². The molecule has 0 unspecified atom stereocenters. The number of methoxy groups -OCH3 is 1. The van der Waals surface area contributed by atoms with Crippen molar-refractivity contribution in [1.29, 1.82) is 0 Å². The Hall–Kier alpha value is -1.27. The van der Waals surface area contributed by atoms with Crippen molar-refractivity contribution in [3.8, 4) is 5.75 Å². The Morgan fingerprint density at radius 1 is 1.00 bits per heavy atom. The molecule has 0 atom stereocenters. The van der Waals surface area contributed by atoms with E-state index in [2.05, 4.69) is 6.92 Å². The largest absolute Gasteiger partial charge is 0.492 e. The summed E-state index contributed by atoms with van der Waals surface area (Å²) in [5, 5.41) is 1.10. The number of hydrogen-bond donors (Lipinski definition) is 1. The summed E-state index contributed by atoms with van der Waals surface area (Å²) in [7, 11) is 1.71. The second-order valence-electron chi connectivity index (χ2n) is 5.22. The van der Waals surface area contributed by atoms with Crippen LogP contribution in [0.2, 0.25) is 0 Å². The standard InChI is InChI=1S/C15H13NO3.C4H10O.C2H6.CH3.Y/c16-7-8-18-10-5-6-14-12(9-10)15(17)11-3-1-2-4-13(11)19-14;1-3-4-5-2;1-2;;/h1-6,9H,7-8,16H2;3-4H2,1-2H3;1-2H3;1H3;/q;;;-1;. The van der Waals surface area contributed by atoms with E-state index in [1.165, 1.54) is 0 Å². The van der Waals surface area contributed by atoms with E-state index in [0.717, 1.165) is 13.0 Å². The smallest absolute Gasteiger partial charge is 0.200 e. The maximum Gasteiger partial charge on any atom is 0.200 e. The predicted molar refractivity (Wildman–Crippen MR) is 114 cm³/mol. The van der Waals surface area contributed by atoms with Crippen molar-refractivity contribution in [2.75, 3.05) is 26.9 Å². The van der Waals surface area contributed by atoms with Gasteiger partial charge in [-0.25, -0.2) is 0 Å². The summed E-state index contributed by atoms with van der Waals surface area (Å²) >= 11 is 0. The average Bonchev–Trinajstić information content (AvgIpc) is 2.69. The Morgan fingerprint density at radius 3 is 2.21 bits per heavy atom. The van der Waals surface area contributed by atoms with Crippen molar-refractivity contribution in [2.45, 2.75) is 27.2 Å². The summed E-state index contributed by atoms with van der Waals surface area (Å²) in [6.45, 7) is 7.83. The zero-order chi connectivity index (χ0) is 19.4. The molecule has 0 saturated carbocycles. The van der Waals surface area contributed by atoms with Crippen LogP contribution >= 0.6 is 0 Å². The molecule has 1 heterocycles. The van der Waals surface area contributed by atoms with E-state index in [1.54, 1.807) is 37.4 Å². The summed E-state index contributed by atoms with van der Waals surface area (Å²) < 4.78 is 15.8. The zero-order valence-corrected chi connectivity index (χ0v) is 20.5. The first-order chi connectivity index (χ1) is 12.7. The Labute approximate surface area is 193 Å². The molecule has 1 radical (unpaired) electrons. The minimum Gasteiger partial charge on any atom is -0.492 e. The zero-order valence-electron chi connectivity index (χ0n) is 17.7. The predicted octanol–water partition coefficient (Wildman–Crippen LogP) is 4.80. The Balaban J connectivity index is 0. The van der Waals surface area contributed by atoms with Gasteiger partial charge in [0.05, 0.1) is 10.8 Å². The minimum absolute atomic E-state index is 0. The first-order valence-electron chi connectivity index (χ1n) is 8.98. The van der Waals surface area contributed by atoms with Crippen LogP contribution < -0.4 is 15.9 Å². The van der Waals surface area contributed by atoms with Crippen LogP contribution in [0, 0.1) is 7.43 Å². The molecule has 0 aliphatic rings. The molecule has 5 nitrogen and oxygen atoms in total. The number of ether oxygens (including phenoxy) is 2. The molecule has 2 N–H and O–H groups in total. The monoisotopic (exact) mass is 463 g/mol. The molecule has 0 saturated heterocycles. The van der Waals surface area contributed by atoms with E-state index in [4.69, 9.17) is 19.6 Å². The number of hydrogen-bond acceptors (Lipinski definition) is 5. The summed E-state index contributed by atoms with van der Waals surface area (Å²) in [6, 6.07) is 12.4. The molecule has 3 aromatic rings. The SMILES string of the molecule is CC.CCCOC.NCCOc1ccc2oc3ccccc3c(=O)c2c1.[CH3-].[Y]. The van der Waals surface area contributed by atoms with Crippen LogP contribution in [0.25, 0.3) is 21.9 Å². The van der Waals surface area contributed by atoms with Crippen molar-refractivity contribution in [3.63, 3.8) is 0 Å². The van der Waals surface area contributed by atoms with Crippen molar-refractivity contribution >= 4 is 21.9 Å². The van der Waals surface area contributed by atoms with Gasteiger partial charge in [-0.3, -0.25) is 4.79 Å². The Morgan fingerprint density at radius 2 is 1.64 bits per heavy atom. The third-order valence-corrected chi connectivity index (χ3v) is 3.34. The maximum absolute atomic E-state index is 12.4. The van der Waals surface area contributed by atoms with Crippen LogP contribution in [0.5, 0.6) is 5.75 Å². The maximum atomic E-state index is 12.4. The average molecular weight is 463 g/mol. The van der Waals surface area contributed by atoms with E-state index < -0.39 is 0 Å². The summed E-state index contributed by atoms with van der Waals surface area (Å²) in [5.41, 5.74) is 6.49. The molecule has 6 heteroatoms. The van der Waals surface area contributed by atoms with Crippen LogP contribution in [0.3, 0.4) is 0 Å². The van der Waals surface area contributed by atoms with E-state index in [-0.39, 0.29) is 45.6 Å². The fourth-order valence-electron chi connectivity index (χ4n) is 2.25. The van der Waals surface area contributed by atoms with E-state index in [0.29, 0.717) is 40.8 Å². The van der Waals surface area contributed by atoms with Crippen LogP contribution in [0.1, 0.15) is 27.2 Å². The summed E-state index contributed by atoms with van der Waals surface area (Å²) in [6.07, 6.45) is 1.12.